The molecule has 3 aliphatic rings. The van der Waals surface area contributed by atoms with Crippen molar-refractivity contribution < 1.29 is 53.6 Å². The Bertz CT molecular complexity index is 1870. The number of fused-ring (bicyclic) bond motifs is 2. The lowest BCUT2D eigenvalue weighted by Gasteiger charge is -2.60. The Morgan fingerprint density at radius 2 is 1.82 bits per heavy atom. The first-order valence-electron chi connectivity index (χ1n) is 20.6. The molecule has 16 nitrogen and oxygen atoms in total. The van der Waals surface area contributed by atoms with Gasteiger partial charge in [0.25, 0.3) is 5.69 Å². The maximum Gasteiger partial charge on any atom is 0.412 e. The van der Waals surface area contributed by atoms with Crippen molar-refractivity contribution in [3.63, 3.8) is 0 Å². The summed E-state index contributed by atoms with van der Waals surface area (Å²) in [6, 6.07) is 10.2. The lowest BCUT2D eigenvalue weighted by atomic mass is 9.55. The summed E-state index contributed by atoms with van der Waals surface area (Å²) < 4.78 is 25.6. The van der Waals surface area contributed by atoms with E-state index >= 15 is 0 Å². The normalized spacial score (nSPS) is 23.5. The van der Waals surface area contributed by atoms with E-state index in [9.17, 15) is 35.0 Å². The number of oxime groups is 1. The molecule has 1 aliphatic heterocycles. The monoisotopic (exact) mass is 834 g/mol. The molecule has 2 aromatic rings. The highest BCUT2D eigenvalue weighted by Crippen LogP contribution is 2.62. The molecule has 0 spiro atoms. The molecule has 60 heavy (non-hydrogen) atoms. The van der Waals surface area contributed by atoms with Gasteiger partial charge in [-0.15, -0.1) is 6.58 Å². The van der Waals surface area contributed by atoms with Gasteiger partial charge in [0.1, 0.15) is 24.7 Å². The van der Waals surface area contributed by atoms with Gasteiger partial charge in [0, 0.05) is 62.4 Å². The van der Waals surface area contributed by atoms with E-state index in [0.717, 1.165) is 30.4 Å². The lowest BCUT2D eigenvalue weighted by Crippen LogP contribution is -2.70. The molecule has 16 heteroatoms. The van der Waals surface area contributed by atoms with Gasteiger partial charge in [0.15, 0.2) is 0 Å². The quantitative estimate of drug-likeness (QED) is 0.0359. The van der Waals surface area contributed by atoms with E-state index < -0.39 is 34.7 Å². The third-order valence-electron chi connectivity index (χ3n) is 11.3. The molecule has 4 N–H and O–H groups in total. The van der Waals surface area contributed by atoms with E-state index in [1.54, 1.807) is 48.2 Å². The Balaban J connectivity index is 1.73. The lowest BCUT2D eigenvalue weighted by molar-refractivity contribution is -0.384. The first kappa shape index (κ1) is 45.9. The average molecular weight is 835 g/mol. The highest BCUT2D eigenvalue weighted by Gasteiger charge is 2.65. The predicted octanol–water partition coefficient (Wildman–Crippen LogP) is 5.52. The number of unbranched alkanes of at least 4 members (excludes halogenated alkanes) is 2. The minimum atomic E-state index is -1.55. The zero-order valence-electron chi connectivity index (χ0n) is 34.4. The molecule has 0 saturated heterocycles. The van der Waals surface area contributed by atoms with E-state index in [4.69, 9.17) is 23.8 Å². The van der Waals surface area contributed by atoms with Gasteiger partial charge < -0.3 is 49.3 Å². The summed E-state index contributed by atoms with van der Waals surface area (Å²) in [6.45, 7) is 6.23. The summed E-state index contributed by atoms with van der Waals surface area (Å²) in [5.74, 6) is -2.19. The number of hydrogen-bond acceptors (Lipinski definition) is 13. The van der Waals surface area contributed by atoms with Gasteiger partial charge in [-0.05, 0) is 92.0 Å². The highest BCUT2D eigenvalue weighted by atomic mass is 16.7. The third-order valence-corrected chi connectivity index (χ3v) is 11.3. The van der Waals surface area contributed by atoms with Crippen LogP contribution in [0.5, 0.6) is 11.5 Å². The Morgan fingerprint density at radius 3 is 2.48 bits per heavy atom. The molecule has 6 unspecified atom stereocenters. The van der Waals surface area contributed by atoms with Crippen LogP contribution in [0.2, 0.25) is 0 Å². The fourth-order valence-corrected chi connectivity index (χ4v) is 8.83. The van der Waals surface area contributed by atoms with Crippen molar-refractivity contribution in [3.05, 3.63) is 94.1 Å². The smallest absolute Gasteiger partial charge is 0.412 e. The summed E-state index contributed by atoms with van der Waals surface area (Å²) in [5.41, 5.74) is 2.69. The van der Waals surface area contributed by atoms with Crippen molar-refractivity contribution in [2.75, 3.05) is 59.8 Å². The second kappa shape index (κ2) is 22.5. The summed E-state index contributed by atoms with van der Waals surface area (Å²) in [7, 11) is 1.46. The number of benzene rings is 2. The number of carbonyl (C=O) groups excluding carboxylic acids is 2. The number of non-ortho nitro benzene ring substituents is 1. The molecule has 1 heterocycles. The number of nitro benzene ring substituents is 1. The van der Waals surface area contributed by atoms with Crippen LogP contribution in [0.25, 0.3) is 6.08 Å². The van der Waals surface area contributed by atoms with Crippen molar-refractivity contribution >= 4 is 29.5 Å². The molecule has 0 aromatic heterocycles. The van der Waals surface area contributed by atoms with Crippen LogP contribution in [0.1, 0.15) is 68.9 Å². The van der Waals surface area contributed by atoms with Gasteiger partial charge in [0.05, 0.1) is 43.0 Å². The van der Waals surface area contributed by atoms with Crippen molar-refractivity contribution in [2.24, 2.45) is 22.9 Å². The van der Waals surface area contributed by atoms with Gasteiger partial charge in [-0.3, -0.25) is 14.9 Å². The topological polar surface area (TPSA) is 212 Å². The summed E-state index contributed by atoms with van der Waals surface area (Å²) in [4.78, 5) is 45.2. The maximum atomic E-state index is 14.7. The maximum absolute atomic E-state index is 14.7. The van der Waals surface area contributed by atoms with Crippen LogP contribution in [0.3, 0.4) is 0 Å². The van der Waals surface area contributed by atoms with E-state index in [-0.39, 0.29) is 76.0 Å². The molecule has 1 saturated carbocycles. The number of nitro groups is 1. The molecule has 326 valence electrons. The van der Waals surface area contributed by atoms with Crippen LogP contribution in [0.4, 0.5) is 10.5 Å². The van der Waals surface area contributed by atoms with E-state index in [1.807, 2.05) is 6.07 Å². The van der Waals surface area contributed by atoms with E-state index in [2.05, 4.69) is 23.1 Å². The molecule has 0 radical (unpaired) electrons. The van der Waals surface area contributed by atoms with Gasteiger partial charge in [-0.25, -0.2) is 4.79 Å². The second-order valence-corrected chi connectivity index (χ2v) is 14.9. The highest BCUT2D eigenvalue weighted by molar-refractivity contribution is 6.03. The Kier molecular flexibility index (Phi) is 17.2. The molecule has 0 bridgehead atoms. The largest absolute Gasteiger partial charge is 0.459 e. The number of nitrogens with zero attached hydrogens (tertiary/aromatic N) is 3. The van der Waals surface area contributed by atoms with Gasteiger partial charge in [-0.2, -0.15) is 0 Å². The van der Waals surface area contributed by atoms with Crippen molar-refractivity contribution in [1.82, 2.24) is 10.2 Å². The number of allylic oxidation sites excluding steroid dienone is 1. The Hall–Kier alpha value is -5.13. The molecular formula is C44H58N4O12. The first-order valence-corrected chi connectivity index (χ1v) is 20.6. The number of aliphatic hydroxyl groups is 3. The number of aliphatic hydroxyl groups excluding tert-OH is 3. The molecule has 5 rings (SSSR count). The number of amides is 2. The molecule has 2 aromatic carbocycles. The zero-order chi connectivity index (χ0) is 43.1. The standard InChI is InChI=1S/C44H58N4O12/c1-4-24-58-44-39(47(20-25-57-26-23-51)40(52)19-14-30-12-15-32(16-13-30)48(54)55)29-37(46-56-3)35-27-31(10-6-8-21-49)34(11-7-9-22-50)41(42(35)44)36-28-33(17-18-38(36)60-44)59-43(53)45-5-2/h4,12-19,27-28,31,34,39,41-42,49-51H,1,5-11,20-26,29H2,2-3H3,(H,45,53). The number of carbonyl (C=O) groups is 2. The number of ether oxygens (including phenoxy) is 4. The third kappa shape index (κ3) is 10.8. The summed E-state index contributed by atoms with van der Waals surface area (Å²) >= 11 is 0. The van der Waals surface area contributed by atoms with Gasteiger partial charge in [-0.1, -0.05) is 30.1 Å². The molecule has 2 amide bonds. The first-order chi connectivity index (χ1) is 29.2. The van der Waals surface area contributed by atoms with E-state index in [1.165, 1.54) is 25.3 Å². The summed E-state index contributed by atoms with van der Waals surface area (Å²) in [5, 5.41) is 47.7. The summed E-state index contributed by atoms with van der Waals surface area (Å²) in [6.07, 6.45) is 10.5. The van der Waals surface area contributed by atoms with Crippen molar-refractivity contribution in [3.8, 4) is 11.5 Å². The minimum Gasteiger partial charge on any atom is -0.459 e. The minimum absolute atomic E-state index is 0.00429. The average Bonchev–Trinajstić information content (AvgIpc) is 3.24. The van der Waals surface area contributed by atoms with Crippen LogP contribution < -0.4 is 14.8 Å². The van der Waals surface area contributed by atoms with Crippen LogP contribution in [0.15, 0.2) is 78.0 Å². The number of nitrogens with one attached hydrogen (secondary N) is 1. The van der Waals surface area contributed by atoms with E-state index in [0.29, 0.717) is 48.6 Å². The van der Waals surface area contributed by atoms with Crippen LogP contribution in [0, 0.1) is 27.9 Å². The van der Waals surface area contributed by atoms with Gasteiger partial charge in [0.2, 0.25) is 11.7 Å². The number of rotatable bonds is 23. The second-order valence-electron chi connectivity index (χ2n) is 14.9. The molecular weight excluding hydrogens is 776 g/mol. The Labute approximate surface area is 350 Å². The SMILES string of the molecule is C=CCOC12Oc3ccc(OC(=O)NCC)cc3C3C(CCCCO)C(CCCCO)C=C(C(=NOC)CC1N(CCOCCO)C(=O)C=Cc1ccc([N+](=O)[O-])cc1)C32. The predicted molar refractivity (Wildman–Crippen MR) is 223 cm³/mol. The Morgan fingerprint density at radius 1 is 1.07 bits per heavy atom. The van der Waals surface area contributed by atoms with Gasteiger partial charge >= 0.3 is 6.09 Å². The van der Waals surface area contributed by atoms with Crippen LogP contribution in [-0.4, -0.2) is 115 Å². The number of hydrogen-bond donors (Lipinski definition) is 4. The van der Waals surface area contributed by atoms with Crippen LogP contribution >= 0.6 is 0 Å². The fraction of sp³-hybridized carbons (Fsp3) is 0.523. The molecule has 1 fully saturated rings. The zero-order valence-corrected chi connectivity index (χ0v) is 34.4. The fourth-order valence-electron chi connectivity index (χ4n) is 8.83. The van der Waals surface area contributed by atoms with Crippen molar-refractivity contribution in [1.29, 1.82) is 0 Å². The molecule has 6 atom stereocenters. The molecule has 2 aliphatic carbocycles. The van der Waals surface area contributed by atoms with Crippen LogP contribution in [-0.2, 0) is 19.1 Å². The van der Waals surface area contributed by atoms with Crippen molar-refractivity contribution in [2.45, 2.75) is 69.6 Å².